The van der Waals surface area contributed by atoms with Crippen LogP contribution in [0.4, 0.5) is 4.79 Å². The number of nitrogens with one attached hydrogen (secondary N) is 1. The van der Waals surface area contributed by atoms with Crippen LogP contribution in [0.5, 0.6) is 0 Å². The van der Waals surface area contributed by atoms with E-state index >= 15 is 0 Å². The van der Waals surface area contributed by atoms with Crippen molar-refractivity contribution in [2.75, 3.05) is 6.61 Å². The molecule has 0 spiro atoms. The molecule has 2 atom stereocenters. The Morgan fingerprint density at radius 2 is 1.62 bits per heavy atom. The zero-order valence-electron chi connectivity index (χ0n) is 18.2. The Hall–Kier alpha value is -3.54. The van der Waals surface area contributed by atoms with Gasteiger partial charge in [0.2, 0.25) is 0 Å². The van der Waals surface area contributed by atoms with Crippen LogP contribution in [0.25, 0.3) is 11.1 Å². The lowest BCUT2D eigenvalue weighted by Gasteiger charge is -2.18. The minimum Gasteiger partial charge on any atom is -0.480 e. The minimum absolute atomic E-state index is 0.0508. The van der Waals surface area contributed by atoms with Crippen LogP contribution >= 0.6 is 0 Å². The van der Waals surface area contributed by atoms with Crippen molar-refractivity contribution < 1.29 is 23.8 Å². The van der Waals surface area contributed by atoms with Crippen molar-refractivity contribution >= 4 is 12.1 Å². The molecule has 0 fully saturated rings. The van der Waals surface area contributed by atoms with Crippen molar-refractivity contribution in [1.29, 1.82) is 0 Å². The first-order valence-corrected chi connectivity index (χ1v) is 10.8. The van der Waals surface area contributed by atoms with Gasteiger partial charge in [-0.1, -0.05) is 55.5 Å². The molecule has 1 aromatic heterocycles. The van der Waals surface area contributed by atoms with Gasteiger partial charge in [0.25, 0.3) is 0 Å². The van der Waals surface area contributed by atoms with Crippen molar-refractivity contribution in [3.63, 3.8) is 0 Å². The number of carbonyl (C=O) groups excluding carboxylic acids is 1. The number of rotatable bonds is 8. The summed E-state index contributed by atoms with van der Waals surface area (Å²) < 4.78 is 11.1. The van der Waals surface area contributed by atoms with Crippen LogP contribution in [0.2, 0.25) is 0 Å². The Balaban J connectivity index is 1.36. The zero-order chi connectivity index (χ0) is 22.7. The molecule has 1 heterocycles. The lowest BCUT2D eigenvalue weighted by molar-refractivity contribution is -0.139. The quantitative estimate of drug-likeness (QED) is 0.492. The first-order chi connectivity index (χ1) is 15.4. The van der Waals surface area contributed by atoms with Crippen LogP contribution in [-0.4, -0.2) is 29.8 Å². The summed E-state index contributed by atoms with van der Waals surface area (Å²) >= 11 is 0. The third-order valence-corrected chi connectivity index (χ3v) is 6.07. The number of aliphatic carboxylic acids is 1. The number of aryl methyl sites for hydroxylation is 1. The van der Waals surface area contributed by atoms with Crippen LogP contribution in [0.3, 0.4) is 0 Å². The van der Waals surface area contributed by atoms with Gasteiger partial charge in [-0.3, -0.25) is 0 Å². The van der Waals surface area contributed by atoms with Gasteiger partial charge in [0.15, 0.2) is 0 Å². The molecule has 2 unspecified atom stereocenters. The van der Waals surface area contributed by atoms with Crippen LogP contribution < -0.4 is 5.32 Å². The van der Waals surface area contributed by atoms with E-state index in [0.717, 1.165) is 33.8 Å². The molecule has 6 heteroatoms. The average molecular weight is 434 g/mol. The van der Waals surface area contributed by atoms with Crippen molar-refractivity contribution in [1.82, 2.24) is 5.32 Å². The molecule has 32 heavy (non-hydrogen) atoms. The van der Waals surface area contributed by atoms with Crippen LogP contribution in [-0.2, 0) is 9.53 Å². The molecule has 1 aliphatic carbocycles. The van der Waals surface area contributed by atoms with E-state index in [2.05, 4.69) is 17.4 Å². The van der Waals surface area contributed by atoms with Crippen LogP contribution in [0.15, 0.2) is 65.1 Å². The summed E-state index contributed by atoms with van der Waals surface area (Å²) in [5.74, 6) is 0.529. The van der Waals surface area contributed by atoms with Gasteiger partial charge in [0, 0.05) is 11.8 Å². The van der Waals surface area contributed by atoms with E-state index in [1.807, 2.05) is 62.4 Å². The number of carboxylic acid groups (broad SMARTS) is 1. The van der Waals surface area contributed by atoms with E-state index < -0.39 is 18.1 Å². The SMILES string of the molecule is Cc1ccc(C(C)CCC(NC(=O)OCC2c3ccccc3-c3ccccc32)C(=O)O)o1. The highest BCUT2D eigenvalue weighted by molar-refractivity contribution is 5.81. The zero-order valence-corrected chi connectivity index (χ0v) is 18.2. The lowest BCUT2D eigenvalue weighted by Crippen LogP contribution is -2.41. The molecule has 0 radical (unpaired) electrons. The van der Waals surface area contributed by atoms with Gasteiger partial charge in [0.05, 0.1) is 0 Å². The molecular formula is C26H27NO5. The molecule has 2 N–H and O–H groups in total. The van der Waals surface area contributed by atoms with Gasteiger partial charge in [-0.25, -0.2) is 9.59 Å². The number of hydrogen-bond donors (Lipinski definition) is 2. The van der Waals surface area contributed by atoms with Gasteiger partial charge >= 0.3 is 12.1 Å². The highest BCUT2D eigenvalue weighted by atomic mass is 16.5. The standard InChI is InChI=1S/C26H27NO5/c1-16(24-14-12-17(2)32-24)11-13-23(25(28)29)27-26(30)31-15-22-20-9-5-3-7-18(20)19-8-4-6-10-21(19)22/h3-10,12,14,16,22-23H,11,13,15H2,1-2H3,(H,27,30)(H,28,29). The van der Waals surface area contributed by atoms with Gasteiger partial charge in [-0.15, -0.1) is 0 Å². The second-order valence-electron chi connectivity index (χ2n) is 8.29. The highest BCUT2D eigenvalue weighted by Crippen LogP contribution is 2.44. The topological polar surface area (TPSA) is 88.8 Å². The van der Waals surface area contributed by atoms with Crippen molar-refractivity contribution in [2.45, 2.75) is 44.6 Å². The number of fused-ring (bicyclic) bond motifs is 3. The molecule has 6 nitrogen and oxygen atoms in total. The maximum atomic E-state index is 12.4. The summed E-state index contributed by atoms with van der Waals surface area (Å²) in [5, 5.41) is 12.1. The number of amides is 1. The van der Waals surface area contributed by atoms with E-state index in [1.54, 1.807) is 0 Å². The molecule has 0 aliphatic heterocycles. The minimum atomic E-state index is -1.08. The predicted molar refractivity (Wildman–Crippen MR) is 121 cm³/mol. The predicted octanol–water partition coefficient (Wildman–Crippen LogP) is 5.46. The normalized spacial score (nSPS) is 14.3. The maximum Gasteiger partial charge on any atom is 0.407 e. The lowest BCUT2D eigenvalue weighted by atomic mass is 9.98. The molecule has 166 valence electrons. The fourth-order valence-corrected chi connectivity index (χ4v) is 4.32. The smallest absolute Gasteiger partial charge is 0.407 e. The van der Waals surface area contributed by atoms with Gasteiger partial charge in [-0.05, 0) is 54.2 Å². The third kappa shape index (κ3) is 4.54. The number of ether oxygens (including phenoxy) is 1. The summed E-state index contributed by atoms with van der Waals surface area (Å²) in [6, 6.07) is 18.9. The summed E-state index contributed by atoms with van der Waals surface area (Å²) in [4.78, 5) is 24.1. The van der Waals surface area contributed by atoms with Crippen molar-refractivity contribution in [2.24, 2.45) is 0 Å². The number of carboxylic acids is 1. The molecule has 1 aliphatic rings. The van der Waals surface area contributed by atoms with Crippen molar-refractivity contribution in [3.05, 3.63) is 83.3 Å². The van der Waals surface area contributed by atoms with E-state index in [-0.39, 0.29) is 24.9 Å². The maximum absolute atomic E-state index is 12.4. The first-order valence-electron chi connectivity index (χ1n) is 10.8. The van der Waals surface area contributed by atoms with E-state index in [4.69, 9.17) is 9.15 Å². The summed E-state index contributed by atoms with van der Waals surface area (Å²) in [7, 11) is 0. The number of furan rings is 1. The van der Waals surface area contributed by atoms with Crippen LogP contribution in [0.1, 0.15) is 54.2 Å². The van der Waals surface area contributed by atoms with Crippen molar-refractivity contribution in [3.8, 4) is 11.1 Å². The summed E-state index contributed by atoms with van der Waals surface area (Å²) in [6.45, 7) is 3.99. The Kier molecular flexibility index (Phi) is 6.30. The average Bonchev–Trinajstić information content (AvgIpc) is 3.36. The molecule has 3 aromatic rings. The first kappa shape index (κ1) is 21.7. The highest BCUT2D eigenvalue weighted by Gasteiger charge is 2.30. The fourth-order valence-electron chi connectivity index (χ4n) is 4.32. The molecule has 1 amide bonds. The summed E-state index contributed by atoms with van der Waals surface area (Å²) in [6.07, 6.45) is 0.120. The molecule has 0 saturated heterocycles. The van der Waals surface area contributed by atoms with Gasteiger partial charge in [0.1, 0.15) is 24.2 Å². The number of hydrogen-bond acceptors (Lipinski definition) is 4. The Bertz CT molecular complexity index is 1070. The Morgan fingerprint density at radius 1 is 1.00 bits per heavy atom. The largest absolute Gasteiger partial charge is 0.480 e. The second-order valence-corrected chi connectivity index (χ2v) is 8.29. The fraction of sp³-hybridized carbons (Fsp3) is 0.308. The molecule has 4 rings (SSSR count). The Labute approximate surface area is 187 Å². The molecular weight excluding hydrogens is 406 g/mol. The monoisotopic (exact) mass is 433 g/mol. The summed E-state index contributed by atoms with van der Waals surface area (Å²) in [5.41, 5.74) is 4.50. The number of benzene rings is 2. The third-order valence-electron chi connectivity index (χ3n) is 6.07. The molecule has 0 bridgehead atoms. The molecule has 0 saturated carbocycles. The van der Waals surface area contributed by atoms with Crippen LogP contribution in [0, 0.1) is 6.92 Å². The molecule has 2 aromatic carbocycles. The Morgan fingerprint density at radius 3 is 2.19 bits per heavy atom. The van der Waals surface area contributed by atoms with Gasteiger partial charge < -0.3 is 19.6 Å². The van der Waals surface area contributed by atoms with Gasteiger partial charge in [-0.2, -0.15) is 0 Å². The second kappa shape index (κ2) is 9.30. The van der Waals surface area contributed by atoms with E-state index in [1.165, 1.54) is 0 Å². The number of alkyl carbamates (subject to hydrolysis) is 1. The van der Waals surface area contributed by atoms with E-state index in [0.29, 0.717) is 6.42 Å². The number of carbonyl (C=O) groups is 2. The van der Waals surface area contributed by atoms with E-state index in [9.17, 15) is 14.7 Å².